The van der Waals surface area contributed by atoms with E-state index in [9.17, 15) is 9.90 Å². The predicted molar refractivity (Wildman–Crippen MR) is 101 cm³/mol. The minimum atomic E-state index is -0.339. The average Bonchev–Trinajstić information content (AvgIpc) is 2.65. The topological polar surface area (TPSA) is 56.7 Å². The van der Waals surface area contributed by atoms with Crippen molar-refractivity contribution in [2.24, 2.45) is 5.92 Å². The summed E-state index contributed by atoms with van der Waals surface area (Å²) >= 11 is 0. The number of hydrogen-bond donors (Lipinski definition) is 1. The van der Waals surface area contributed by atoms with Crippen LogP contribution in [0.4, 0.5) is 0 Å². The van der Waals surface area contributed by atoms with Crippen LogP contribution in [0.25, 0.3) is 0 Å². The summed E-state index contributed by atoms with van der Waals surface area (Å²) in [6.07, 6.45) is 4.65. The summed E-state index contributed by atoms with van der Waals surface area (Å²) in [6, 6.07) is 14.1. The van der Waals surface area contributed by atoms with Gasteiger partial charge < -0.3 is 10.0 Å². The second-order valence-electron chi connectivity index (χ2n) is 7.17. The normalized spacial score (nSPS) is 20.3. The maximum absolute atomic E-state index is 12.7. The number of benzene rings is 1. The molecule has 0 saturated carbocycles. The van der Waals surface area contributed by atoms with Crippen LogP contribution in [0.3, 0.4) is 0 Å². The van der Waals surface area contributed by atoms with Crippen molar-refractivity contribution >= 4 is 5.91 Å². The van der Waals surface area contributed by atoms with Crippen LogP contribution in [0.15, 0.2) is 54.9 Å². The fourth-order valence-corrected chi connectivity index (χ4v) is 3.55. The van der Waals surface area contributed by atoms with E-state index in [1.807, 2.05) is 47.2 Å². The molecule has 2 aromatic rings. The van der Waals surface area contributed by atoms with Gasteiger partial charge in [0.1, 0.15) is 0 Å². The number of aliphatic hydroxyl groups excluding tert-OH is 1. The van der Waals surface area contributed by atoms with Crippen LogP contribution in [-0.4, -0.2) is 58.6 Å². The van der Waals surface area contributed by atoms with Crippen molar-refractivity contribution in [3.05, 3.63) is 66.0 Å². The Morgan fingerprint density at radius 1 is 1.19 bits per heavy atom. The Balaban J connectivity index is 1.53. The van der Waals surface area contributed by atoms with Gasteiger partial charge >= 0.3 is 0 Å². The molecule has 2 heterocycles. The van der Waals surface area contributed by atoms with Gasteiger partial charge in [0.2, 0.25) is 5.91 Å². The molecule has 0 spiro atoms. The quantitative estimate of drug-likeness (QED) is 0.863. The van der Waals surface area contributed by atoms with Gasteiger partial charge in [-0.2, -0.15) is 0 Å². The van der Waals surface area contributed by atoms with Crippen molar-refractivity contribution in [1.82, 2.24) is 14.8 Å². The first kappa shape index (κ1) is 18.5. The van der Waals surface area contributed by atoms with E-state index in [0.717, 1.165) is 18.5 Å². The number of nitrogens with zero attached hydrogens (tertiary/aromatic N) is 3. The van der Waals surface area contributed by atoms with Crippen molar-refractivity contribution in [3.63, 3.8) is 0 Å². The fraction of sp³-hybridized carbons (Fsp3) is 0.429. The van der Waals surface area contributed by atoms with Crippen LogP contribution in [0.1, 0.15) is 17.5 Å². The van der Waals surface area contributed by atoms with Crippen LogP contribution in [0.2, 0.25) is 0 Å². The first-order chi connectivity index (χ1) is 12.6. The highest BCUT2D eigenvalue weighted by Crippen LogP contribution is 2.22. The zero-order valence-corrected chi connectivity index (χ0v) is 15.3. The Hall–Kier alpha value is -2.24. The Morgan fingerprint density at radius 3 is 2.65 bits per heavy atom. The first-order valence-corrected chi connectivity index (χ1v) is 9.19. The van der Waals surface area contributed by atoms with Crippen molar-refractivity contribution in [2.75, 3.05) is 26.7 Å². The van der Waals surface area contributed by atoms with Gasteiger partial charge in [-0.1, -0.05) is 30.3 Å². The molecule has 1 aliphatic rings. The van der Waals surface area contributed by atoms with E-state index >= 15 is 0 Å². The molecular weight excluding hydrogens is 326 g/mol. The van der Waals surface area contributed by atoms with Gasteiger partial charge in [0.05, 0.1) is 12.6 Å². The number of likely N-dealkylation sites (N-methyl/N-ethyl adjacent to an activating group) is 1. The summed E-state index contributed by atoms with van der Waals surface area (Å²) in [5.41, 5.74) is 2.35. The average molecular weight is 353 g/mol. The molecule has 1 aromatic carbocycles. The highest BCUT2D eigenvalue weighted by Gasteiger charge is 2.30. The lowest BCUT2D eigenvalue weighted by molar-refractivity contribution is -0.136. The second-order valence-corrected chi connectivity index (χ2v) is 7.17. The van der Waals surface area contributed by atoms with Gasteiger partial charge in [-0.3, -0.25) is 14.7 Å². The third-order valence-corrected chi connectivity index (χ3v) is 4.99. The molecule has 26 heavy (non-hydrogen) atoms. The lowest BCUT2D eigenvalue weighted by Crippen LogP contribution is -2.49. The van der Waals surface area contributed by atoms with Crippen LogP contribution in [-0.2, 0) is 17.8 Å². The summed E-state index contributed by atoms with van der Waals surface area (Å²) in [7, 11) is 1.96. The zero-order valence-electron chi connectivity index (χ0n) is 15.3. The standard InChI is InChI=1S/C21H27N3O2/c1-23(14-18-7-10-22-11-8-18)16-21(26)24-12-9-20(25)19(15-24)13-17-5-3-2-4-6-17/h2-8,10-11,19-20,25H,9,12-16H2,1H3/t19-,20-/m1/s1. The Bertz CT molecular complexity index is 693. The summed E-state index contributed by atoms with van der Waals surface area (Å²) in [6.45, 7) is 2.36. The van der Waals surface area contributed by atoms with Crippen LogP contribution in [0.5, 0.6) is 0 Å². The van der Waals surface area contributed by atoms with Crippen molar-refractivity contribution in [2.45, 2.75) is 25.5 Å². The number of pyridine rings is 1. The Morgan fingerprint density at radius 2 is 1.92 bits per heavy atom. The summed E-state index contributed by atoms with van der Waals surface area (Å²) in [4.78, 5) is 20.6. The van der Waals surface area contributed by atoms with E-state index < -0.39 is 0 Å². The minimum absolute atomic E-state index is 0.0978. The third kappa shape index (κ3) is 5.13. The lowest BCUT2D eigenvalue weighted by atomic mass is 9.88. The van der Waals surface area contributed by atoms with Crippen LogP contribution >= 0.6 is 0 Å². The molecule has 1 aliphatic heterocycles. The van der Waals surface area contributed by atoms with E-state index in [2.05, 4.69) is 17.1 Å². The summed E-state index contributed by atoms with van der Waals surface area (Å²) < 4.78 is 0. The highest BCUT2D eigenvalue weighted by atomic mass is 16.3. The number of hydrogen-bond acceptors (Lipinski definition) is 4. The fourth-order valence-electron chi connectivity index (χ4n) is 3.55. The third-order valence-electron chi connectivity index (χ3n) is 4.99. The number of rotatable bonds is 6. The summed E-state index contributed by atoms with van der Waals surface area (Å²) in [5, 5.41) is 10.4. The molecule has 2 atom stereocenters. The molecular formula is C21H27N3O2. The van der Waals surface area contributed by atoms with E-state index in [-0.39, 0.29) is 17.9 Å². The smallest absolute Gasteiger partial charge is 0.236 e. The molecule has 1 aromatic heterocycles. The van der Waals surface area contributed by atoms with Crippen molar-refractivity contribution in [3.8, 4) is 0 Å². The van der Waals surface area contributed by atoms with Crippen molar-refractivity contribution in [1.29, 1.82) is 0 Å². The number of piperidine rings is 1. The molecule has 0 radical (unpaired) electrons. The number of aliphatic hydroxyl groups is 1. The molecule has 0 aliphatic carbocycles. The number of amides is 1. The van der Waals surface area contributed by atoms with Gasteiger partial charge in [0.25, 0.3) is 0 Å². The maximum Gasteiger partial charge on any atom is 0.236 e. The minimum Gasteiger partial charge on any atom is -0.393 e. The SMILES string of the molecule is CN(CC(=O)N1CC[C@@H](O)[C@H](Cc2ccccc2)C1)Cc1ccncc1. The summed E-state index contributed by atoms with van der Waals surface area (Å²) in [5.74, 6) is 0.229. The molecule has 3 rings (SSSR count). The largest absolute Gasteiger partial charge is 0.393 e. The van der Waals surface area contributed by atoms with E-state index in [4.69, 9.17) is 0 Å². The molecule has 0 unspecified atom stereocenters. The Kier molecular flexibility index (Phi) is 6.36. The molecule has 5 heteroatoms. The second kappa shape index (κ2) is 8.92. The molecule has 1 N–H and O–H groups in total. The molecule has 1 amide bonds. The molecule has 1 saturated heterocycles. The van der Waals surface area contributed by atoms with Gasteiger partial charge in [0.15, 0.2) is 0 Å². The van der Waals surface area contributed by atoms with Gasteiger partial charge in [0, 0.05) is 37.9 Å². The number of carbonyl (C=O) groups is 1. The maximum atomic E-state index is 12.7. The van der Waals surface area contributed by atoms with Crippen LogP contribution in [0, 0.1) is 5.92 Å². The van der Waals surface area contributed by atoms with Crippen LogP contribution < -0.4 is 0 Å². The van der Waals surface area contributed by atoms with Gasteiger partial charge in [-0.15, -0.1) is 0 Å². The number of likely N-dealkylation sites (tertiary alicyclic amines) is 1. The zero-order chi connectivity index (χ0) is 18.4. The van der Waals surface area contributed by atoms with Gasteiger partial charge in [-0.25, -0.2) is 0 Å². The monoisotopic (exact) mass is 353 g/mol. The number of carbonyl (C=O) groups excluding carboxylic acids is 1. The molecule has 0 bridgehead atoms. The lowest BCUT2D eigenvalue weighted by Gasteiger charge is -2.37. The van der Waals surface area contributed by atoms with E-state index in [1.165, 1.54) is 5.56 Å². The molecule has 5 nitrogen and oxygen atoms in total. The molecule has 138 valence electrons. The van der Waals surface area contributed by atoms with Gasteiger partial charge in [-0.05, 0) is 43.1 Å². The van der Waals surface area contributed by atoms with E-state index in [0.29, 0.717) is 26.1 Å². The highest BCUT2D eigenvalue weighted by molar-refractivity contribution is 5.78. The molecule has 1 fully saturated rings. The predicted octanol–water partition coefficient (Wildman–Crippen LogP) is 1.97. The van der Waals surface area contributed by atoms with Crippen molar-refractivity contribution < 1.29 is 9.90 Å². The number of aromatic nitrogens is 1. The Labute approximate surface area is 155 Å². The first-order valence-electron chi connectivity index (χ1n) is 9.19. The van der Waals surface area contributed by atoms with E-state index in [1.54, 1.807) is 12.4 Å².